The van der Waals surface area contributed by atoms with Gasteiger partial charge < -0.3 is 19.7 Å². The maximum Gasteiger partial charge on any atom is 0.407 e. The van der Waals surface area contributed by atoms with Gasteiger partial charge in [-0.3, -0.25) is 4.79 Å². The van der Waals surface area contributed by atoms with E-state index in [1.54, 1.807) is 20.8 Å². The number of hydrogen-bond donors (Lipinski definition) is 1. The maximum absolute atomic E-state index is 12.4. The van der Waals surface area contributed by atoms with Crippen LogP contribution in [0.5, 0.6) is 0 Å². The second-order valence-electron chi connectivity index (χ2n) is 8.40. The summed E-state index contributed by atoms with van der Waals surface area (Å²) in [5.41, 5.74) is -1.24. The Balaban J connectivity index is 2.92. The van der Waals surface area contributed by atoms with Gasteiger partial charge in [-0.25, -0.2) is 9.64 Å². The van der Waals surface area contributed by atoms with Gasteiger partial charge in [0, 0.05) is 19.1 Å². The van der Waals surface area contributed by atoms with Crippen molar-refractivity contribution in [3.63, 3.8) is 0 Å². The fraction of sp³-hybridized carbons (Fsp3) is 0.737. The van der Waals surface area contributed by atoms with Crippen LogP contribution in [0.25, 0.3) is 4.85 Å². The van der Waals surface area contributed by atoms with Crippen molar-refractivity contribution in [1.29, 1.82) is 0 Å². The molecule has 7 nitrogen and oxygen atoms in total. The zero-order valence-corrected chi connectivity index (χ0v) is 18.2. The van der Waals surface area contributed by atoms with Gasteiger partial charge in [-0.2, -0.15) is 0 Å². The van der Waals surface area contributed by atoms with E-state index in [4.69, 9.17) is 16.0 Å². The number of rotatable bonds is 4. The number of piperidine rings is 1. The smallest absolute Gasteiger partial charge is 0.407 e. The first-order valence-electron chi connectivity index (χ1n) is 9.00. The Bertz CT molecular complexity index is 626. The van der Waals surface area contributed by atoms with Crippen molar-refractivity contribution in [1.82, 2.24) is 10.2 Å². The third kappa shape index (κ3) is 8.12. The van der Waals surface area contributed by atoms with Gasteiger partial charge in [0.25, 0.3) is 5.70 Å². The number of thioether (sulfide) groups is 1. The van der Waals surface area contributed by atoms with Crippen molar-refractivity contribution < 1.29 is 19.1 Å². The monoisotopic (exact) mass is 397 g/mol. The van der Waals surface area contributed by atoms with E-state index < -0.39 is 23.3 Å². The van der Waals surface area contributed by atoms with E-state index in [1.807, 2.05) is 31.9 Å². The third-order valence-corrected chi connectivity index (χ3v) is 4.37. The summed E-state index contributed by atoms with van der Waals surface area (Å²) in [7, 11) is 0. The van der Waals surface area contributed by atoms with Crippen molar-refractivity contribution >= 4 is 23.8 Å². The molecular weight excluding hydrogens is 366 g/mol. The summed E-state index contributed by atoms with van der Waals surface area (Å²) in [4.78, 5) is 29.9. The van der Waals surface area contributed by atoms with Crippen LogP contribution in [0.1, 0.15) is 54.4 Å². The van der Waals surface area contributed by atoms with Crippen LogP contribution in [0.4, 0.5) is 4.79 Å². The molecule has 1 heterocycles. The summed E-state index contributed by atoms with van der Waals surface area (Å²) in [6.45, 7) is 19.4. The number of amides is 1. The Labute approximate surface area is 166 Å². The average molecular weight is 398 g/mol. The van der Waals surface area contributed by atoms with Gasteiger partial charge in [-0.1, -0.05) is 0 Å². The van der Waals surface area contributed by atoms with Crippen molar-refractivity contribution in [2.24, 2.45) is 0 Å². The lowest BCUT2D eigenvalue weighted by molar-refractivity contribution is -0.149. The van der Waals surface area contributed by atoms with E-state index in [0.717, 1.165) is 12.8 Å². The summed E-state index contributed by atoms with van der Waals surface area (Å²) < 4.78 is 10.7. The Morgan fingerprint density at radius 3 is 2.22 bits per heavy atom. The molecule has 0 spiro atoms. The number of likely N-dealkylation sites (tertiary alicyclic amines) is 1. The molecule has 0 bridgehead atoms. The van der Waals surface area contributed by atoms with E-state index in [0.29, 0.717) is 18.1 Å². The van der Waals surface area contributed by atoms with Gasteiger partial charge in [-0.15, -0.1) is 11.8 Å². The minimum Gasteiger partial charge on any atom is -0.465 e. The topological polar surface area (TPSA) is 72.2 Å². The van der Waals surface area contributed by atoms with Crippen LogP contribution in [0.2, 0.25) is 0 Å². The number of nitrogens with zero attached hydrogens (tertiary/aromatic N) is 2. The van der Waals surface area contributed by atoms with Crippen LogP contribution in [0.15, 0.2) is 10.7 Å². The summed E-state index contributed by atoms with van der Waals surface area (Å²) >= 11 is 1.34. The highest BCUT2D eigenvalue weighted by Gasteiger charge is 2.30. The molecule has 1 atom stereocenters. The zero-order valence-electron chi connectivity index (χ0n) is 17.3. The van der Waals surface area contributed by atoms with E-state index in [9.17, 15) is 9.59 Å². The molecule has 1 aliphatic heterocycles. The highest BCUT2D eigenvalue weighted by Crippen LogP contribution is 2.28. The molecule has 0 saturated carbocycles. The number of nitrogens with one attached hydrogen (secondary N) is 1. The fourth-order valence-electron chi connectivity index (χ4n) is 2.64. The quantitative estimate of drug-likeness (QED) is 0.442. The van der Waals surface area contributed by atoms with E-state index >= 15 is 0 Å². The molecule has 8 heteroatoms. The summed E-state index contributed by atoms with van der Waals surface area (Å²) in [6.07, 6.45) is 3.03. The minimum absolute atomic E-state index is 0.0182. The Morgan fingerprint density at radius 1 is 1.15 bits per heavy atom. The Kier molecular flexibility index (Phi) is 8.03. The molecule has 152 valence electrons. The molecule has 27 heavy (non-hydrogen) atoms. The SMILES string of the molecule is [C-]#[N+]C(C(=O)OC(C)(C)C)=C(SC)N1CCC[C@@H](NC(=O)OC(C)(C)C)C1. The summed E-state index contributed by atoms with van der Waals surface area (Å²) in [6, 6.07) is -0.110. The number of hydrogen-bond acceptors (Lipinski definition) is 6. The first-order chi connectivity index (χ1) is 12.4. The second-order valence-corrected chi connectivity index (χ2v) is 9.20. The largest absolute Gasteiger partial charge is 0.465 e. The molecule has 1 rings (SSSR count). The number of ether oxygens (including phenoxy) is 2. The second kappa shape index (κ2) is 9.36. The first kappa shape index (κ1) is 23.2. The van der Waals surface area contributed by atoms with Gasteiger partial charge in [0.15, 0.2) is 0 Å². The lowest BCUT2D eigenvalue weighted by Gasteiger charge is -2.36. The molecule has 1 fully saturated rings. The van der Waals surface area contributed by atoms with Gasteiger partial charge in [0.05, 0.1) is 11.6 Å². The highest BCUT2D eigenvalue weighted by molar-refractivity contribution is 8.02. The number of carbonyl (C=O) groups excluding carboxylic acids is 2. The summed E-state index contributed by atoms with van der Waals surface area (Å²) in [5.74, 6) is -0.621. The number of alkyl carbamates (subject to hydrolysis) is 1. The summed E-state index contributed by atoms with van der Waals surface area (Å²) in [5, 5.41) is 3.46. The van der Waals surface area contributed by atoms with Gasteiger partial charge in [-0.05, 0) is 60.6 Å². The number of carbonyl (C=O) groups is 2. The normalized spacial score (nSPS) is 18.9. The maximum atomic E-state index is 12.4. The molecular formula is C19H31N3O4S. The highest BCUT2D eigenvalue weighted by atomic mass is 32.2. The number of esters is 1. The van der Waals surface area contributed by atoms with Crippen LogP contribution in [0, 0.1) is 6.57 Å². The first-order valence-corrected chi connectivity index (χ1v) is 10.2. The van der Waals surface area contributed by atoms with Crippen LogP contribution >= 0.6 is 11.8 Å². The molecule has 0 aromatic rings. The van der Waals surface area contributed by atoms with Crippen molar-refractivity contribution in [2.75, 3.05) is 19.3 Å². The van der Waals surface area contributed by atoms with Crippen molar-refractivity contribution in [3.05, 3.63) is 22.1 Å². The average Bonchev–Trinajstić information content (AvgIpc) is 2.48. The third-order valence-electron chi connectivity index (χ3n) is 3.53. The molecule has 0 unspecified atom stereocenters. The minimum atomic E-state index is -0.667. The van der Waals surface area contributed by atoms with Crippen LogP contribution < -0.4 is 5.32 Å². The lowest BCUT2D eigenvalue weighted by Crippen LogP contribution is -2.48. The fourth-order valence-corrected chi connectivity index (χ4v) is 3.38. The Hall–Kier alpha value is -1.88. The molecule has 1 amide bonds. The predicted molar refractivity (Wildman–Crippen MR) is 107 cm³/mol. The molecule has 1 saturated heterocycles. The van der Waals surface area contributed by atoms with Crippen LogP contribution in [0.3, 0.4) is 0 Å². The van der Waals surface area contributed by atoms with Gasteiger partial charge >= 0.3 is 12.1 Å². The van der Waals surface area contributed by atoms with Crippen molar-refractivity contribution in [3.8, 4) is 0 Å². The Morgan fingerprint density at radius 2 is 1.74 bits per heavy atom. The molecule has 0 aromatic heterocycles. The zero-order chi connectivity index (χ0) is 20.8. The van der Waals surface area contributed by atoms with Crippen molar-refractivity contribution in [2.45, 2.75) is 71.6 Å². The van der Waals surface area contributed by atoms with Crippen LogP contribution in [-0.2, 0) is 14.3 Å². The molecule has 0 aromatic carbocycles. The lowest BCUT2D eigenvalue weighted by atomic mass is 10.1. The standard InChI is InChI=1S/C19H31N3O4S/c1-18(2,3)25-16(23)14(20-7)15(27-8)22-11-9-10-13(12-22)21-17(24)26-19(4,5)6/h13H,9-12H2,1-6,8H3,(H,21,24)/t13-/m1/s1. The molecule has 1 N–H and O–H groups in total. The molecule has 0 aliphatic carbocycles. The van der Waals surface area contributed by atoms with E-state index in [1.165, 1.54) is 11.8 Å². The molecule has 1 aliphatic rings. The van der Waals surface area contributed by atoms with E-state index in [-0.39, 0.29) is 11.7 Å². The van der Waals surface area contributed by atoms with Crippen LogP contribution in [-0.4, -0.2) is 53.6 Å². The van der Waals surface area contributed by atoms with E-state index in [2.05, 4.69) is 10.2 Å². The molecule has 0 radical (unpaired) electrons. The van der Waals surface area contributed by atoms with Gasteiger partial charge in [0.1, 0.15) is 11.2 Å². The van der Waals surface area contributed by atoms with Gasteiger partial charge in [0.2, 0.25) is 0 Å². The predicted octanol–water partition coefficient (Wildman–Crippen LogP) is 3.77.